The summed E-state index contributed by atoms with van der Waals surface area (Å²) < 4.78 is 0. The van der Waals surface area contributed by atoms with Crippen LogP contribution < -0.4 is 5.73 Å². The van der Waals surface area contributed by atoms with Gasteiger partial charge < -0.3 is 5.73 Å². The average molecular weight is 199 g/mol. The number of nitrogens with zero attached hydrogens (tertiary/aromatic N) is 2. The fraction of sp³-hybridized carbons (Fsp3) is 0.167. The molecule has 0 bridgehead atoms. The molecule has 3 nitrogen and oxygen atoms in total. The topological polar surface area (TPSA) is 51.8 Å². The molecule has 76 valence electrons. The van der Waals surface area contributed by atoms with Gasteiger partial charge in [0.1, 0.15) is 5.82 Å². The van der Waals surface area contributed by atoms with Gasteiger partial charge in [-0.3, -0.25) is 4.98 Å². The van der Waals surface area contributed by atoms with Crippen LogP contribution in [0.3, 0.4) is 0 Å². The Morgan fingerprint density at radius 1 is 1.00 bits per heavy atom. The minimum absolute atomic E-state index is 0.535. The molecule has 2 aromatic heterocycles. The molecule has 0 radical (unpaired) electrons. The Balaban J connectivity index is 2.54. The summed E-state index contributed by atoms with van der Waals surface area (Å²) in [7, 11) is 0. The molecular weight excluding hydrogens is 186 g/mol. The summed E-state index contributed by atoms with van der Waals surface area (Å²) in [5, 5.41) is 0. The van der Waals surface area contributed by atoms with Crippen LogP contribution in [0.15, 0.2) is 30.3 Å². The Morgan fingerprint density at radius 2 is 1.80 bits per heavy atom. The second kappa shape index (κ2) is 3.69. The zero-order valence-corrected chi connectivity index (χ0v) is 8.86. The predicted octanol–water partition coefficient (Wildman–Crippen LogP) is 2.34. The largest absolute Gasteiger partial charge is 0.384 e. The van der Waals surface area contributed by atoms with E-state index in [1.807, 2.05) is 38.1 Å². The molecule has 0 aliphatic heterocycles. The van der Waals surface area contributed by atoms with Crippen LogP contribution in [0.5, 0.6) is 0 Å². The van der Waals surface area contributed by atoms with Crippen LogP contribution >= 0.6 is 0 Å². The molecule has 0 aromatic carbocycles. The van der Waals surface area contributed by atoms with Crippen LogP contribution in [-0.2, 0) is 0 Å². The van der Waals surface area contributed by atoms with Crippen LogP contribution in [-0.4, -0.2) is 9.97 Å². The standard InChI is InChI=1S/C12H13N3/c1-8-6-7-10(9(2)14-8)11-4-3-5-12(13)15-11/h3-7H,1-2H3,(H2,13,15). The van der Waals surface area contributed by atoms with E-state index in [1.165, 1.54) is 0 Å². The van der Waals surface area contributed by atoms with Crippen molar-refractivity contribution in [2.45, 2.75) is 13.8 Å². The van der Waals surface area contributed by atoms with E-state index in [-0.39, 0.29) is 0 Å². The van der Waals surface area contributed by atoms with Crippen LogP contribution in [0.1, 0.15) is 11.4 Å². The molecule has 2 aromatic rings. The molecular formula is C12H13N3. The molecule has 2 rings (SSSR count). The van der Waals surface area contributed by atoms with E-state index < -0.39 is 0 Å². The Hall–Kier alpha value is -1.90. The first-order valence-electron chi connectivity index (χ1n) is 4.84. The minimum Gasteiger partial charge on any atom is -0.384 e. The second-order valence-electron chi connectivity index (χ2n) is 3.53. The Bertz CT molecular complexity index is 492. The van der Waals surface area contributed by atoms with E-state index in [1.54, 1.807) is 6.07 Å². The van der Waals surface area contributed by atoms with Gasteiger partial charge in [-0.2, -0.15) is 0 Å². The lowest BCUT2D eigenvalue weighted by molar-refractivity contribution is 1.12. The van der Waals surface area contributed by atoms with Crippen molar-refractivity contribution in [1.82, 2.24) is 9.97 Å². The van der Waals surface area contributed by atoms with Gasteiger partial charge in [0.15, 0.2) is 0 Å². The van der Waals surface area contributed by atoms with E-state index in [9.17, 15) is 0 Å². The summed E-state index contributed by atoms with van der Waals surface area (Å²) in [6, 6.07) is 9.62. The van der Waals surface area contributed by atoms with Gasteiger partial charge in [-0.1, -0.05) is 6.07 Å². The van der Waals surface area contributed by atoms with Crippen LogP contribution in [0.4, 0.5) is 5.82 Å². The summed E-state index contributed by atoms with van der Waals surface area (Å²) in [5.41, 5.74) is 9.55. The predicted molar refractivity (Wildman–Crippen MR) is 61.4 cm³/mol. The zero-order chi connectivity index (χ0) is 10.8. The third-order valence-electron chi connectivity index (χ3n) is 2.27. The van der Waals surface area contributed by atoms with Crippen molar-refractivity contribution in [2.75, 3.05) is 5.73 Å². The first-order valence-corrected chi connectivity index (χ1v) is 4.84. The third-order valence-corrected chi connectivity index (χ3v) is 2.27. The Kier molecular flexibility index (Phi) is 2.37. The van der Waals surface area contributed by atoms with Crippen molar-refractivity contribution in [3.8, 4) is 11.3 Å². The van der Waals surface area contributed by atoms with Gasteiger partial charge in [0.05, 0.1) is 5.69 Å². The number of aromatic nitrogens is 2. The maximum Gasteiger partial charge on any atom is 0.124 e. The first-order chi connectivity index (χ1) is 7.16. The monoisotopic (exact) mass is 199 g/mol. The molecule has 0 aliphatic rings. The smallest absolute Gasteiger partial charge is 0.124 e. The highest BCUT2D eigenvalue weighted by molar-refractivity contribution is 5.63. The SMILES string of the molecule is Cc1ccc(-c2cccc(N)n2)c(C)n1. The number of rotatable bonds is 1. The molecule has 3 heteroatoms. The van der Waals surface area contributed by atoms with Crippen LogP contribution in [0, 0.1) is 13.8 Å². The lowest BCUT2D eigenvalue weighted by atomic mass is 10.1. The zero-order valence-electron chi connectivity index (χ0n) is 8.86. The third kappa shape index (κ3) is 1.96. The maximum atomic E-state index is 5.64. The van der Waals surface area contributed by atoms with Crippen molar-refractivity contribution < 1.29 is 0 Å². The van der Waals surface area contributed by atoms with Gasteiger partial charge in [-0.25, -0.2) is 4.98 Å². The second-order valence-corrected chi connectivity index (χ2v) is 3.53. The minimum atomic E-state index is 0.535. The van der Waals surface area contributed by atoms with Crippen molar-refractivity contribution in [1.29, 1.82) is 0 Å². The van der Waals surface area contributed by atoms with Gasteiger partial charge in [0.25, 0.3) is 0 Å². The quantitative estimate of drug-likeness (QED) is 0.767. The fourth-order valence-corrected chi connectivity index (χ4v) is 1.56. The lowest BCUT2D eigenvalue weighted by Gasteiger charge is -2.05. The molecule has 0 unspecified atom stereocenters. The van der Waals surface area contributed by atoms with Gasteiger partial charge in [-0.15, -0.1) is 0 Å². The summed E-state index contributed by atoms with van der Waals surface area (Å²) in [6.45, 7) is 3.96. The maximum absolute atomic E-state index is 5.64. The van der Waals surface area contributed by atoms with Crippen molar-refractivity contribution >= 4 is 5.82 Å². The number of hydrogen-bond donors (Lipinski definition) is 1. The van der Waals surface area contributed by atoms with E-state index in [0.29, 0.717) is 5.82 Å². The summed E-state index contributed by atoms with van der Waals surface area (Å²) in [5.74, 6) is 0.535. The van der Waals surface area contributed by atoms with Gasteiger partial charge in [0, 0.05) is 17.0 Å². The fourth-order valence-electron chi connectivity index (χ4n) is 1.56. The molecule has 0 aliphatic carbocycles. The molecule has 2 heterocycles. The average Bonchev–Trinajstić information content (AvgIpc) is 2.17. The van der Waals surface area contributed by atoms with Crippen molar-refractivity contribution in [3.63, 3.8) is 0 Å². The van der Waals surface area contributed by atoms with Gasteiger partial charge >= 0.3 is 0 Å². The van der Waals surface area contributed by atoms with Gasteiger partial charge in [0.2, 0.25) is 0 Å². The lowest BCUT2D eigenvalue weighted by Crippen LogP contribution is -1.95. The van der Waals surface area contributed by atoms with Crippen LogP contribution in [0.25, 0.3) is 11.3 Å². The van der Waals surface area contributed by atoms with Crippen molar-refractivity contribution in [2.24, 2.45) is 0 Å². The highest BCUT2D eigenvalue weighted by atomic mass is 14.8. The number of hydrogen-bond acceptors (Lipinski definition) is 3. The summed E-state index contributed by atoms with van der Waals surface area (Å²) in [6.07, 6.45) is 0. The normalized spacial score (nSPS) is 10.3. The van der Waals surface area contributed by atoms with E-state index in [0.717, 1.165) is 22.6 Å². The molecule has 0 spiro atoms. The highest BCUT2D eigenvalue weighted by Crippen LogP contribution is 2.20. The number of nitrogen functional groups attached to an aromatic ring is 1. The number of pyridine rings is 2. The Morgan fingerprint density at radius 3 is 2.47 bits per heavy atom. The Labute approximate surface area is 89.0 Å². The molecule has 0 fully saturated rings. The van der Waals surface area contributed by atoms with Gasteiger partial charge in [-0.05, 0) is 38.1 Å². The molecule has 2 N–H and O–H groups in total. The number of nitrogens with two attached hydrogens (primary N) is 1. The summed E-state index contributed by atoms with van der Waals surface area (Å²) in [4.78, 5) is 8.67. The van der Waals surface area contributed by atoms with E-state index in [4.69, 9.17) is 5.73 Å². The molecule has 0 saturated heterocycles. The molecule has 0 amide bonds. The van der Waals surface area contributed by atoms with Crippen LogP contribution in [0.2, 0.25) is 0 Å². The highest BCUT2D eigenvalue weighted by Gasteiger charge is 2.04. The molecule has 15 heavy (non-hydrogen) atoms. The number of anilines is 1. The van der Waals surface area contributed by atoms with E-state index in [2.05, 4.69) is 9.97 Å². The molecule has 0 atom stereocenters. The van der Waals surface area contributed by atoms with Crippen molar-refractivity contribution in [3.05, 3.63) is 41.7 Å². The number of aryl methyl sites for hydroxylation is 2. The van der Waals surface area contributed by atoms with E-state index >= 15 is 0 Å². The molecule has 0 saturated carbocycles. The first kappa shape index (κ1) is 9.65. The summed E-state index contributed by atoms with van der Waals surface area (Å²) >= 11 is 0.